The van der Waals surface area contributed by atoms with Crippen molar-refractivity contribution in [3.8, 4) is 0 Å². The fraction of sp³-hybridized carbons (Fsp3) is 0.500. The Bertz CT molecular complexity index is 556. The largest absolute Gasteiger partial charge is 0.331 e. The average molecular weight is 229 g/mol. The maximum atomic E-state index is 6.19. The molecule has 0 amide bonds. The van der Waals surface area contributed by atoms with Gasteiger partial charge in [-0.1, -0.05) is 18.6 Å². The molecule has 0 bridgehead atoms. The third-order valence-electron chi connectivity index (χ3n) is 4.03. The first kappa shape index (κ1) is 10.8. The van der Waals surface area contributed by atoms with Crippen molar-refractivity contribution in [3.05, 3.63) is 29.6 Å². The molecule has 2 atom stereocenters. The standard InChI is InChI=1S/C14H19N3/c1-9-5-3-8-12-13(9)17(2)14(16-12)10-6-4-7-11(10)15/h3,5,8,10-11H,4,6-7,15H2,1-2H3. The zero-order valence-electron chi connectivity index (χ0n) is 10.5. The van der Waals surface area contributed by atoms with E-state index in [1.54, 1.807) is 0 Å². The van der Waals surface area contributed by atoms with Gasteiger partial charge >= 0.3 is 0 Å². The van der Waals surface area contributed by atoms with E-state index >= 15 is 0 Å². The molecule has 1 heterocycles. The van der Waals surface area contributed by atoms with E-state index < -0.39 is 0 Å². The quantitative estimate of drug-likeness (QED) is 0.816. The Hall–Kier alpha value is -1.35. The first-order valence-electron chi connectivity index (χ1n) is 6.36. The number of imidazole rings is 1. The van der Waals surface area contributed by atoms with Gasteiger partial charge in [0, 0.05) is 19.0 Å². The molecule has 90 valence electrons. The molecule has 1 aromatic carbocycles. The summed E-state index contributed by atoms with van der Waals surface area (Å²) in [5.74, 6) is 1.60. The van der Waals surface area contributed by atoms with Gasteiger partial charge in [0.1, 0.15) is 5.82 Å². The number of hydrogen-bond acceptors (Lipinski definition) is 2. The van der Waals surface area contributed by atoms with Crippen molar-refractivity contribution in [3.63, 3.8) is 0 Å². The Balaban J connectivity index is 2.18. The zero-order valence-corrected chi connectivity index (χ0v) is 10.5. The summed E-state index contributed by atoms with van der Waals surface area (Å²) in [6.07, 6.45) is 3.54. The molecule has 1 saturated carbocycles. The third-order valence-corrected chi connectivity index (χ3v) is 4.03. The Kier molecular flexibility index (Phi) is 2.44. The number of fused-ring (bicyclic) bond motifs is 1. The Morgan fingerprint density at radius 2 is 2.18 bits per heavy atom. The first-order chi connectivity index (χ1) is 8.18. The van der Waals surface area contributed by atoms with Crippen molar-refractivity contribution in [2.45, 2.75) is 38.1 Å². The van der Waals surface area contributed by atoms with Crippen LogP contribution in [0.25, 0.3) is 11.0 Å². The Morgan fingerprint density at radius 3 is 2.82 bits per heavy atom. The van der Waals surface area contributed by atoms with Crippen LogP contribution < -0.4 is 5.73 Å². The van der Waals surface area contributed by atoms with Gasteiger partial charge in [-0.3, -0.25) is 0 Å². The molecular weight excluding hydrogens is 210 g/mol. The molecule has 3 nitrogen and oxygen atoms in total. The maximum Gasteiger partial charge on any atom is 0.114 e. The molecule has 0 aliphatic heterocycles. The van der Waals surface area contributed by atoms with Gasteiger partial charge in [0.2, 0.25) is 0 Å². The van der Waals surface area contributed by atoms with Crippen molar-refractivity contribution < 1.29 is 0 Å². The van der Waals surface area contributed by atoms with E-state index in [0.717, 1.165) is 11.9 Å². The van der Waals surface area contributed by atoms with Crippen molar-refractivity contribution >= 4 is 11.0 Å². The number of nitrogens with two attached hydrogens (primary N) is 1. The summed E-state index contributed by atoms with van der Waals surface area (Å²) in [6.45, 7) is 2.14. The average Bonchev–Trinajstić information content (AvgIpc) is 2.84. The van der Waals surface area contributed by atoms with Crippen LogP contribution in [0.1, 0.15) is 36.6 Å². The highest BCUT2D eigenvalue weighted by molar-refractivity contribution is 5.79. The van der Waals surface area contributed by atoms with Crippen molar-refractivity contribution in [2.75, 3.05) is 0 Å². The number of para-hydroxylation sites is 1. The summed E-state index contributed by atoms with van der Waals surface area (Å²) in [7, 11) is 2.11. The van der Waals surface area contributed by atoms with Gasteiger partial charge in [-0.2, -0.15) is 0 Å². The van der Waals surface area contributed by atoms with E-state index in [1.165, 1.54) is 29.7 Å². The minimum atomic E-state index is 0.283. The summed E-state index contributed by atoms with van der Waals surface area (Å²) < 4.78 is 2.24. The molecule has 2 unspecified atom stereocenters. The van der Waals surface area contributed by atoms with Gasteiger partial charge in [0.15, 0.2) is 0 Å². The lowest BCUT2D eigenvalue weighted by atomic mass is 10.0. The molecule has 17 heavy (non-hydrogen) atoms. The van der Waals surface area contributed by atoms with Gasteiger partial charge < -0.3 is 10.3 Å². The molecule has 0 saturated heterocycles. The van der Waals surface area contributed by atoms with Crippen molar-refractivity contribution in [1.82, 2.24) is 9.55 Å². The number of nitrogens with zero attached hydrogens (tertiary/aromatic N) is 2. The molecule has 1 aliphatic carbocycles. The van der Waals surface area contributed by atoms with Crippen LogP contribution in [-0.4, -0.2) is 15.6 Å². The Labute approximate surface area is 102 Å². The van der Waals surface area contributed by atoms with Crippen molar-refractivity contribution in [1.29, 1.82) is 0 Å². The van der Waals surface area contributed by atoms with E-state index in [2.05, 4.69) is 36.7 Å². The molecule has 0 spiro atoms. The van der Waals surface area contributed by atoms with E-state index in [1.807, 2.05) is 0 Å². The Morgan fingerprint density at radius 1 is 1.35 bits per heavy atom. The molecule has 1 aromatic heterocycles. The molecular formula is C14H19N3. The molecule has 1 fully saturated rings. The van der Waals surface area contributed by atoms with Crippen LogP contribution in [0.15, 0.2) is 18.2 Å². The van der Waals surface area contributed by atoms with Crippen LogP contribution in [-0.2, 0) is 7.05 Å². The predicted octanol–water partition coefficient (Wildman–Crippen LogP) is 2.48. The highest BCUT2D eigenvalue weighted by Crippen LogP contribution is 2.34. The summed E-state index contributed by atoms with van der Waals surface area (Å²) in [5, 5.41) is 0. The second-order valence-corrected chi connectivity index (χ2v) is 5.17. The molecule has 3 rings (SSSR count). The van der Waals surface area contributed by atoms with E-state index in [9.17, 15) is 0 Å². The van der Waals surface area contributed by atoms with E-state index in [4.69, 9.17) is 10.7 Å². The number of hydrogen-bond donors (Lipinski definition) is 1. The number of aromatic nitrogens is 2. The smallest absolute Gasteiger partial charge is 0.114 e. The predicted molar refractivity (Wildman–Crippen MR) is 70.0 cm³/mol. The second-order valence-electron chi connectivity index (χ2n) is 5.17. The molecule has 2 N–H and O–H groups in total. The minimum absolute atomic E-state index is 0.283. The monoisotopic (exact) mass is 229 g/mol. The van der Waals surface area contributed by atoms with Crippen LogP contribution in [0.3, 0.4) is 0 Å². The molecule has 2 aromatic rings. The van der Waals surface area contributed by atoms with Gasteiger partial charge in [-0.05, 0) is 31.4 Å². The number of rotatable bonds is 1. The molecule has 1 aliphatic rings. The lowest BCUT2D eigenvalue weighted by Crippen LogP contribution is -2.24. The summed E-state index contributed by atoms with van der Waals surface area (Å²) in [5.41, 5.74) is 9.82. The maximum absolute atomic E-state index is 6.19. The van der Waals surface area contributed by atoms with E-state index in [-0.39, 0.29) is 6.04 Å². The van der Waals surface area contributed by atoms with Crippen LogP contribution in [0.4, 0.5) is 0 Å². The number of aryl methyl sites for hydroxylation is 2. The highest BCUT2D eigenvalue weighted by atomic mass is 15.1. The summed E-state index contributed by atoms with van der Waals surface area (Å²) in [6, 6.07) is 6.59. The fourth-order valence-corrected chi connectivity index (χ4v) is 3.12. The van der Waals surface area contributed by atoms with E-state index in [0.29, 0.717) is 5.92 Å². The topological polar surface area (TPSA) is 43.8 Å². The van der Waals surface area contributed by atoms with Gasteiger partial charge in [0.25, 0.3) is 0 Å². The number of benzene rings is 1. The van der Waals surface area contributed by atoms with Gasteiger partial charge in [-0.25, -0.2) is 4.98 Å². The summed E-state index contributed by atoms with van der Waals surface area (Å²) >= 11 is 0. The third kappa shape index (κ3) is 1.57. The zero-order chi connectivity index (χ0) is 12.0. The van der Waals surface area contributed by atoms with Gasteiger partial charge in [-0.15, -0.1) is 0 Å². The second kappa shape index (κ2) is 3.84. The van der Waals surface area contributed by atoms with Crippen LogP contribution in [0.2, 0.25) is 0 Å². The minimum Gasteiger partial charge on any atom is -0.331 e. The fourth-order valence-electron chi connectivity index (χ4n) is 3.12. The normalized spacial score (nSPS) is 24.6. The lowest BCUT2D eigenvalue weighted by Gasteiger charge is -2.15. The first-order valence-corrected chi connectivity index (χ1v) is 6.36. The lowest BCUT2D eigenvalue weighted by molar-refractivity contribution is 0.565. The van der Waals surface area contributed by atoms with Crippen molar-refractivity contribution in [2.24, 2.45) is 12.8 Å². The highest BCUT2D eigenvalue weighted by Gasteiger charge is 2.29. The SMILES string of the molecule is Cc1cccc2nc(C3CCCC3N)n(C)c12. The van der Waals surface area contributed by atoms with Crippen LogP contribution >= 0.6 is 0 Å². The molecule has 3 heteroatoms. The van der Waals surface area contributed by atoms with Crippen LogP contribution in [0.5, 0.6) is 0 Å². The van der Waals surface area contributed by atoms with Crippen LogP contribution in [0, 0.1) is 6.92 Å². The molecule has 0 radical (unpaired) electrons. The summed E-state index contributed by atoms with van der Waals surface area (Å²) in [4.78, 5) is 4.79. The van der Waals surface area contributed by atoms with Gasteiger partial charge in [0.05, 0.1) is 11.0 Å².